The van der Waals surface area contributed by atoms with Crippen molar-refractivity contribution in [1.29, 1.82) is 0 Å². The number of carbonyl (C=O) groups excluding carboxylic acids is 1. The van der Waals surface area contributed by atoms with E-state index >= 15 is 0 Å². The number of carbonyl (C=O) groups is 1. The van der Waals surface area contributed by atoms with Crippen LogP contribution in [0.3, 0.4) is 0 Å². The van der Waals surface area contributed by atoms with Gasteiger partial charge in [0.05, 0.1) is 25.0 Å². The minimum Gasteiger partial charge on any atom is -0.462 e. The lowest BCUT2D eigenvalue weighted by Gasteiger charge is -2.06. The van der Waals surface area contributed by atoms with Crippen molar-refractivity contribution in [2.24, 2.45) is 0 Å². The van der Waals surface area contributed by atoms with E-state index < -0.39 is 0 Å². The highest BCUT2D eigenvalue weighted by Gasteiger charge is 2.15. The number of halogens is 1. The molecule has 2 aromatic rings. The summed E-state index contributed by atoms with van der Waals surface area (Å²) in [7, 11) is 0. The molecule has 0 amide bonds. The third-order valence-electron chi connectivity index (χ3n) is 2.84. The Labute approximate surface area is 120 Å². The maximum Gasteiger partial charge on any atom is 0.341 e. The first-order chi connectivity index (χ1) is 9.11. The molecule has 0 spiro atoms. The number of benzene rings is 1. The van der Waals surface area contributed by atoms with Gasteiger partial charge in [-0.1, -0.05) is 28.1 Å². The molecule has 19 heavy (non-hydrogen) atoms. The van der Waals surface area contributed by atoms with Crippen molar-refractivity contribution in [2.45, 2.75) is 20.4 Å². The fourth-order valence-corrected chi connectivity index (χ4v) is 2.04. The lowest BCUT2D eigenvalue weighted by atomic mass is 10.2. The molecule has 0 fully saturated rings. The van der Waals surface area contributed by atoms with E-state index in [-0.39, 0.29) is 5.97 Å². The highest BCUT2D eigenvalue weighted by atomic mass is 79.9. The summed E-state index contributed by atoms with van der Waals surface area (Å²) in [6.45, 7) is 4.67. The van der Waals surface area contributed by atoms with E-state index in [2.05, 4.69) is 21.0 Å². The molecule has 0 aliphatic rings. The van der Waals surface area contributed by atoms with Gasteiger partial charge in [-0.15, -0.1) is 0 Å². The number of aromatic nitrogens is 2. The van der Waals surface area contributed by atoms with Crippen molar-refractivity contribution in [1.82, 2.24) is 9.78 Å². The van der Waals surface area contributed by atoms with Crippen LogP contribution in [0.1, 0.15) is 28.5 Å². The van der Waals surface area contributed by atoms with Crippen LogP contribution in [-0.2, 0) is 11.3 Å². The summed E-state index contributed by atoms with van der Waals surface area (Å²) < 4.78 is 7.83. The second-order valence-electron chi connectivity index (χ2n) is 4.15. The van der Waals surface area contributed by atoms with Crippen molar-refractivity contribution in [2.75, 3.05) is 6.61 Å². The molecule has 4 nitrogen and oxygen atoms in total. The van der Waals surface area contributed by atoms with Crippen LogP contribution in [0.5, 0.6) is 0 Å². The minimum absolute atomic E-state index is 0.318. The Hall–Kier alpha value is -1.62. The Kier molecular flexibility index (Phi) is 4.37. The topological polar surface area (TPSA) is 44.1 Å². The highest BCUT2D eigenvalue weighted by molar-refractivity contribution is 9.10. The molecule has 0 radical (unpaired) electrons. The highest BCUT2D eigenvalue weighted by Crippen LogP contribution is 2.14. The summed E-state index contributed by atoms with van der Waals surface area (Å²) in [6.07, 6.45) is 1.56. The summed E-state index contributed by atoms with van der Waals surface area (Å²) in [4.78, 5) is 11.7. The van der Waals surface area contributed by atoms with Crippen LogP contribution in [-0.4, -0.2) is 22.4 Å². The lowest BCUT2D eigenvalue weighted by molar-refractivity contribution is 0.0525. The molecule has 0 unspecified atom stereocenters. The Morgan fingerprint density at radius 3 is 2.68 bits per heavy atom. The van der Waals surface area contributed by atoms with Gasteiger partial charge >= 0.3 is 5.97 Å². The Morgan fingerprint density at radius 2 is 2.05 bits per heavy atom. The van der Waals surface area contributed by atoms with Crippen LogP contribution in [0.15, 0.2) is 34.9 Å². The second kappa shape index (κ2) is 6.02. The maximum absolute atomic E-state index is 11.7. The van der Waals surface area contributed by atoms with Gasteiger partial charge in [0.25, 0.3) is 0 Å². The number of rotatable bonds is 4. The lowest BCUT2D eigenvalue weighted by Crippen LogP contribution is -2.08. The van der Waals surface area contributed by atoms with Gasteiger partial charge in [0.15, 0.2) is 0 Å². The largest absolute Gasteiger partial charge is 0.462 e. The summed E-state index contributed by atoms with van der Waals surface area (Å²) in [5, 5.41) is 4.24. The van der Waals surface area contributed by atoms with E-state index in [4.69, 9.17) is 4.74 Å². The van der Waals surface area contributed by atoms with Crippen LogP contribution in [0.2, 0.25) is 0 Å². The van der Waals surface area contributed by atoms with Crippen LogP contribution >= 0.6 is 15.9 Å². The number of nitrogens with zero attached hydrogens (tertiary/aromatic N) is 2. The van der Waals surface area contributed by atoms with Crippen molar-refractivity contribution in [3.8, 4) is 0 Å². The molecule has 1 heterocycles. The van der Waals surface area contributed by atoms with Gasteiger partial charge in [0.2, 0.25) is 0 Å². The second-order valence-corrected chi connectivity index (χ2v) is 5.06. The molecule has 1 aromatic carbocycles. The van der Waals surface area contributed by atoms with E-state index in [1.165, 1.54) is 0 Å². The monoisotopic (exact) mass is 322 g/mol. The van der Waals surface area contributed by atoms with Crippen LogP contribution in [0, 0.1) is 6.92 Å². The molecule has 0 saturated carbocycles. The number of esters is 1. The van der Waals surface area contributed by atoms with Crippen LogP contribution in [0.25, 0.3) is 0 Å². The minimum atomic E-state index is -0.318. The number of hydrogen-bond acceptors (Lipinski definition) is 3. The smallest absolute Gasteiger partial charge is 0.341 e. The summed E-state index contributed by atoms with van der Waals surface area (Å²) in [5.74, 6) is -0.318. The standard InChI is InChI=1S/C14H15BrN2O2/c1-3-19-14(18)13-8-16-17(10(13)2)9-11-4-6-12(15)7-5-11/h4-8H,3,9H2,1-2H3. The van der Waals surface area contributed by atoms with Crippen LogP contribution < -0.4 is 0 Å². The van der Waals surface area contributed by atoms with Gasteiger partial charge < -0.3 is 4.74 Å². The average molecular weight is 323 g/mol. The molecule has 5 heteroatoms. The predicted molar refractivity (Wildman–Crippen MR) is 76.2 cm³/mol. The Morgan fingerprint density at radius 1 is 1.37 bits per heavy atom. The van der Waals surface area contributed by atoms with E-state index in [9.17, 15) is 4.79 Å². The van der Waals surface area contributed by atoms with Crippen molar-refractivity contribution in [3.63, 3.8) is 0 Å². The zero-order valence-corrected chi connectivity index (χ0v) is 12.5. The zero-order valence-electron chi connectivity index (χ0n) is 10.9. The maximum atomic E-state index is 11.7. The number of hydrogen-bond donors (Lipinski definition) is 0. The van der Waals surface area contributed by atoms with E-state index in [0.29, 0.717) is 18.7 Å². The van der Waals surface area contributed by atoms with E-state index in [1.54, 1.807) is 17.8 Å². The molecule has 0 saturated heterocycles. The Balaban J connectivity index is 2.18. The van der Waals surface area contributed by atoms with Gasteiger partial charge in [0.1, 0.15) is 5.56 Å². The van der Waals surface area contributed by atoms with Crippen molar-refractivity contribution < 1.29 is 9.53 Å². The molecule has 0 atom stereocenters. The summed E-state index contributed by atoms with van der Waals surface area (Å²) in [5.41, 5.74) is 2.48. The first kappa shape index (κ1) is 13.8. The Bertz CT molecular complexity index is 576. The first-order valence-electron chi connectivity index (χ1n) is 6.05. The van der Waals surface area contributed by atoms with Gasteiger partial charge in [-0.2, -0.15) is 5.10 Å². The fraction of sp³-hybridized carbons (Fsp3) is 0.286. The van der Waals surface area contributed by atoms with Gasteiger partial charge in [-0.05, 0) is 31.5 Å². The summed E-state index contributed by atoms with van der Waals surface area (Å²) in [6, 6.07) is 8.02. The normalized spacial score (nSPS) is 10.5. The summed E-state index contributed by atoms with van der Waals surface area (Å²) >= 11 is 3.40. The molecule has 0 aliphatic heterocycles. The molecule has 0 aliphatic carbocycles. The predicted octanol–water partition coefficient (Wildman–Crippen LogP) is 3.18. The van der Waals surface area contributed by atoms with E-state index in [1.807, 2.05) is 31.2 Å². The van der Waals surface area contributed by atoms with E-state index in [0.717, 1.165) is 15.7 Å². The van der Waals surface area contributed by atoms with Crippen molar-refractivity contribution >= 4 is 21.9 Å². The third kappa shape index (κ3) is 3.23. The van der Waals surface area contributed by atoms with Gasteiger partial charge in [0, 0.05) is 4.47 Å². The zero-order chi connectivity index (χ0) is 13.8. The molecular weight excluding hydrogens is 308 g/mol. The molecule has 1 aromatic heterocycles. The SMILES string of the molecule is CCOC(=O)c1cnn(Cc2ccc(Br)cc2)c1C. The van der Waals surface area contributed by atoms with Gasteiger partial charge in [-0.3, -0.25) is 4.68 Å². The molecule has 0 bridgehead atoms. The van der Waals surface area contributed by atoms with Crippen molar-refractivity contribution in [3.05, 3.63) is 51.8 Å². The molecule has 100 valence electrons. The molecule has 2 rings (SSSR count). The van der Waals surface area contributed by atoms with Crippen LogP contribution in [0.4, 0.5) is 0 Å². The first-order valence-corrected chi connectivity index (χ1v) is 6.85. The third-order valence-corrected chi connectivity index (χ3v) is 3.37. The number of ether oxygens (including phenoxy) is 1. The average Bonchev–Trinajstić information content (AvgIpc) is 2.74. The fourth-order valence-electron chi connectivity index (χ4n) is 1.78. The molecular formula is C14H15BrN2O2. The van der Waals surface area contributed by atoms with Gasteiger partial charge in [-0.25, -0.2) is 4.79 Å². The molecule has 0 N–H and O–H groups in total. The quantitative estimate of drug-likeness (QED) is 0.812.